The number of hydrogen-bond donors (Lipinski definition) is 1. The minimum Gasteiger partial charge on any atom is -0.496 e. The van der Waals surface area contributed by atoms with Crippen molar-refractivity contribution in [3.63, 3.8) is 0 Å². The first kappa shape index (κ1) is 13.5. The number of carboxylic acid groups (broad SMARTS) is 1. The van der Waals surface area contributed by atoms with Gasteiger partial charge in [-0.2, -0.15) is 0 Å². The predicted octanol–water partition coefficient (Wildman–Crippen LogP) is 2.55. The fraction of sp³-hybridized carbons (Fsp3) is 0.333. The van der Waals surface area contributed by atoms with Gasteiger partial charge in [0.25, 0.3) is 0 Å². The topological polar surface area (TPSA) is 81.8 Å². The quantitative estimate of drug-likeness (QED) is 0.931. The van der Waals surface area contributed by atoms with E-state index in [0.29, 0.717) is 17.1 Å². The molecule has 0 radical (unpaired) electrons. The number of aromatic carboxylic acids is 1. The van der Waals surface area contributed by atoms with Gasteiger partial charge in [-0.15, -0.1) is 0 Å². The molecule has 0 amide bonds. The van der Waals surface area contributed by atoms with Crippen LogP contribution in [0, 0.1) is 0 Å². The van der Waals surface area contributed by atoms with Crippen molar-refractivity contribution < 1.29 is 23.9 Å². The molecule has 0 spiro atoms. The Hall–Kier alpha value is -2.50. The fourth-order valence-electron chi connectivity index (χ4n) is 2.81. The lowest BCUT2D eigenvalue weighted by Crippen LogP contribution is -1.98. The van der Waals surface area contributed by atoms with Gasteiger partial charge in [0.2, 0.25) is 0 Å². The Balaban J connectivity index is 2.19. The van der Waals surface area contributed by atoms with E-state index in [0.717, 1.165) is 36.1 Å². The highest BCUT2D eigenvalue weighted by Gasteiger charge is 2.26. The van der Waals surface area contributed by atoms with Crippen LogP contribution in [0.1, 0.15) is 28.0 Å². The van der Waals surface area contributed by atoms with Crippen LogP contribution in [0.15, 0.2) is 16.7 Å². The maximum Gasteiger partial charge on any atom is 0.358 e. The molecule has 1 N–H and O–H groups in total. The zero-order valence-electron chi connectivity index (χ0n) is 11.8. The molecule has 6 nitrogen and oxygen atoms in total. The van der Waals surface area contributed by atoms with Crippen LogP contribution in [0.2, 0.25) is 0 Å². The summed E-state index contributed by atoms with van der Waals surface area (Å²) in [4.78, 5) is 10.9. The van der Waals surface area contributed by atoms with Crippen LogP contribution in [0.5, 0.6) is 11.5 Å². The monoisotopic (exact) mass is 289 g/mol. The summed E-state index contributed by atoms with van der Waals surface area (Å²) in [6.45, 7) is 0. The molecule has 1 aromatic heterocycles. The molecular weight excluding hydrogens is 274 g/mol. The van der Waals surface area contributed by atoms with Crippen molar-refractivity contribution >= 4 is 5.97 Å². The Morgan fingerprint density at radius 1 is 1.24 bits per heavy atom. The van der Waals surface area contributed by atoms with E-state index in [1.807, 2.05) is 6.07 Å². The van der Waals surface area contributed by atoms with E-state index >= 15 is 0 Å². The molecule has 0 bridgehead atoms. The van der Waals surface area contributed by atoms with Crippen LogP contribution in [0.25, 0.3) is 11.3 Å². The molecule has 0 unspecified atom stereocenters. The molecule has 1 aliphatic carbocycles. The van der Waals surface area contributed by atoms with Gasteiger partial charge in [-0.3, -0.25) is 0 Å². The largest absolute Gasteiger partial charge is 0.496 e. The summed E-state index contributed by atoms with van der Waals surface area (Å²) in [5.41, 5.74) is 2.78. The molecule has 0 saturated heterocycles. The number of aromatic nitrogens is 1. The Morgan fingerprint density at radius 3 is 2.62 bits per heavy atom. The van der Waals surface area contributed by atoms with Crippen LogP contribution in [0.4, 0.5) is 0 Å². The highest BCUT2D eigenvalue weighted by molar-refractivity contribution is 5.87. The molecule has 0 fully saturated rings. The third kappa shape index (κ3) is 2.12. The summed E-state index contributed by atoms with van der Waals surface area (Å²) in [6, 6.07) is 3.20. The number of carboxylic acids is 1. The van der Waals surface area contributed by atoms with Crippen LogP contribution in [-0.2, 0) is 12.8 Å². The maximum atomic E-state index is 10.9. The van der Waals surface area contributed by atoms with Crippen molar-refractivity contribution in [2.75, 3.05) is 14.2 Å². The van der Waals surface area contributed by atoms with E-state index in [2.05, 4.69) is 5.16 Å². The minimum absolute atomic E-state index is 0.133. The van der Waals surface area contributed by atoms with Gasteiger partial charge in [-0.05, 0) is 25.3 Å². The third-order valence-electron chi connectivity index (χ3n) is 3.73. The van der Waals surface area contributed by atoms with Gasteiger partial charge in [0, 0.05) is 17.2 Å². The molecule has 0 saturated carbocycles. The van der Waals surface area contributed by atoms with Crippen LogP contribution in [0.3, 0.4) is 0 Å². The van der Waals surface area contributed by atoms with E-state index in [1.165, 1.54) is 6.07 Å². The van der Waals surface area contributed by atoms with Crippen molar-refractivity contribution in [3.8, 4) is 22.8 Å². The second kappa shape index (κ2) is 5.12. The van der Waals surface area contributed by atoms with Gasteiger partial charge in [-0.1, -0.05) is 5.16 Å². The van der Waals surface area contributed by atoms with Crippen molar-refractivity contribution in [1.82, 2.24) is 5.16 Å². The highest BCUT2D eigenvalue weighted by Crippen LogP contribution is 2.44. The lowest BCUT2D eigenvalue weighted by atomic mass is 10.0. The first-order valence-electron chi connectivity index (χ1n) is 6.62. The molecule has 0 aliphatic heterocycles. The Morgan fingerprint density at radius 2 is 2.00 bits per heavy atom. The summed E-state index contributed by atoms with van der Waals surface area (Å²) in [6.07, 6.45) is 2.90. The van der Waals surface area contributed by atoms with Gasteiger partial charge in [0.1, 0.15) is 11.5 Å². The number of benzene rings is 1. The van der Waals surface area contributed by atoms with Gasteiger partial charge >= 0.3 is 5.97 Å². The van der Waals surface area contributed by atoms with Crippen LogP contribution < -0.4 is 9.47 Å². The van der Waals surface area contributed by atoms with Crippen LogP contribution >= 0.6 is 0 Å². The van der Waals surface area contributed by atoms with E-state index in [1.54, 1.807) is 14.2 Å². The molecule has 110 valence electrons. The first-order valence-corrected chi connectivity index (χ1v) is 6.62. The number of fused-ring (bicyclic) bond motifs is 1. The van der Waals surface area contributed by atoms with Gasteiger partial charge in [-0.25, -0.2) is 4.79 Å². The normalized spacial score (nSPS) is 13.0. The van der Waals surface area contributed by atoms with Gasteiger partial charge < -0.3 is 19.1 Å². The number of hydrogen-bond acceptors (Lipinski definition) is 5. The Kier molecular flexibility index (Phi) is 3.29. The van der Waals surface area contributed by atoms with E-state index in [9.17, 15) is 4.79 Å². The van der Waals surface area contributed by atoms with Gasteiger partial charge in [0.05, 0.1) is 19.8 Å². The fourth-order valence-corrected chi connectivity index (χ4v) is 2.81. The zero-order chi connectivity index (χ0) is 15.0. The number of carbonyl (C=O) groups is 1. The lowest BCUT2D eigenvalue weighted by molar-refractivity contribution is 0.0686. The number of rotatable bonds is 4. The van der Waals surface area contributed by atoms with Crippen molar-refractivity contribution in [2.24, 2.45) is 0 Å². The zero-order valence-corrected chi connectivity index (χ0v) is 11.8. The Bertz CT molecular complexity index is 704. The highest BCUT2D eigenvalue weighted by atomic mass is 16.5. The number of nitrogens with zero attached hydrogens (tertiary/aromatic N) is 1. The second-order valence-electron chi connectivity index (χ2n) is 4.85. The summed E-state index contributed by atoms with van der Waals surface area (Å²) in [5.74, 6) is 0.706. The van der Waals surface area contributed by atoms with Crippen LogP contribution in [-0.4, -0.2) is 30.5 Å². The molecule has 3 rings (SSSR count). The number of methoxy groups -OCH3 is 2. The molecule has 1 aromatic carbocycles. The predicted molar refractivity (Wildman–Crippen MR) is 74.0 cm³/mol. The van der Waals surface area contributed by atoms with Crippen molar-refractivity contribution in [3.05, 3.63) is 29.0 Å². The molecule has 1 heterocycles. The lowest BCUT2D eigenvalue weighted by Gasteiger charge is -2.15. The number of ether oxygens (including phenoxy) is 2. The summed E-state index contributed by atoms with van der Waals surface area (Å²) >= 11 is 0. The Labute approximate surface area is 121 Å². The minimum atomic E-state index is -1.13. The molecular formula is C15H15NO5. The van der Waals surface area contributed by atoms with E-state index in [4.69, 9.17) is 19.1 Å². The second-order valence-corrected chi connectivity index (χ2v) is 4.85. The SMILES string of the molecule is COc1cc(-c2cc(C(=O)O)no2)c(OC)c2c1CCC2. The van der Waals surface area contributed by atoms with Gasteiger partial charge in [0.15, 0.2) is 11.5 Å². The molecule has 21 heavy (non-hydrogen) atoms. The smallest absolute Gasteiger partial charge is 0.358 e. The molecule has 1 aliphatic rings. The first-order chi connectivity index (χ1) is 10.2. The van der Waals surface area contributed by atoms with E-state index < -0.39 is 5.97 Å². The third-order valence-corrected chi connectivity index (χ3v) is 3.73. The average molecular weight is 289 g/mol. The molecule has 0 atom stereocenters. The van der Waals surface area contributed by atoms with Crippen molar-refractivity contribution in [2.45, 2.75) is 19.3 Å². The maximum absolute atomic E-state index is 10.9. The summed E-state index contributed by atoms with van der Waals surface area (Å²) < 4.78 is 16.1. The van der Waals surface area contributed by atoms with Crippen molar-refractivity contribution in [1.29, 1.82) is 0 Å². The average Bonchev–Trinajstić information content (AvgIpc) is 3.14. The standard InChI is InChI=1S/C15H15NO5/c1-19-12-6-10(13-7-11(15(17)18)16-21-13)14(20-2)9-5-3-4-8(9)12/h6-7H,3-5H2,1-2H3,(H,17,18). The summed E-state index contributed by atoms with van der Waals surface area (Å²) in [5, 5.41) is 12.5. The summed E-state index contributed by atoms with van der Waals surface area (Å²) in [7, 11) is 3.21. The molecule has 2 aromatic rings. The molecule has 6 heteroatoms. The van der Waals surface area contributed by atoms with E-state index in [-0.39, 0.29) is 5.69 Å².